The van der Waals surface area contributed by atoms with E-state index in [1.807, 2.05) is 0 Å². The van der Waals surface area contributed by atoms with Crippen LogP contribution in [-0.4, -0.2) is 34.1 Å². The van der Waals surface area contributed by atoms with Crippen LogP contribution in [0.5, 0.6) is 11.5 Å². The summed E-state index contributed by atoms with van der Waals surface area (Å²) in [4.78, 5) is 24.6. The van der Waals surface area contributed by atoms with E-state index in [9.17, 15) is 20.0 Å². The highest BCUT2D eigenvalue weighted by Crippen LogP contribution is 2.33. The predicted molar refractivity (Wildman–Crippen MR) is 100 cm³/mol. The number of carbonyl (C=O) groups excluding carboxylic acids is 1. The van der Waals surface area contributed by atoms with Crippen LogP contribution in [0.15, 0.2) is 36.4 Å². The van der Waals surface area contributed by atoms with E-state index in [4.69, 9.17) is 16.3 Å². The largest absolute Gasteiger partial charge is 0.504 e. The molecule has 142 valence electrons. The SMILES string of the molecule is COc1cc(CN(C(=O)Nc2ccc([N+](=O)[O-])cc2Cl)C2CC2)ccc1O. The van der Waals surface area contributed by atoms with Crippen molar-refractivity contribution >= 4 is 29.0 Å². The van der Waals surface area contributed by atoms with Crippen LogP contribution in [0.25, 0.3) is 0 Å². The molecule has 0 aliphatic heterocycles. The highest BCUT2D eigenvalue weighted by molar-refractivity contribution is 6.33. The molecule has 1 saturated carbocycles. The van der Waals surface area contributed by atoms with Gasteiger partial charge in [0.25, 0.3) is 5.69 Å². The Morgan fingerprint density at radius 2 is 2.11 bits per heavy atom. The zero-order valence-electron chi connectivity index (χ0n) is 14.5. The second kappa shape index (κ2) is 7.71. The van der Waals surface area contributed by atoms with E-state index in [1.165, 1.54) is 31.4 Å². The molecule has 1 fully saturated rings. The molecule has 9 heteroatoms. The van der Waals surface area contributed by atoms with E-state index in [1.54, 1.807) is 17.0 Å². The predicted octanol–water partition coefficient (Wildman–Crippen LogP) is 4.16. The van der Waals surface area contributed by atoms with E-state index >= 15 is 0 Å². The van der Waals surface area contributed by atoms with Crippen molar-refractivity contribution in [3.8, 4) is 11.5 Å². The van der Waals surface area contributed by atoms with Gasteiger partial charge in [0, 0.05) is 24.7 Å². The van der Waals surface area contributed by atoms with Crippen LogP contribution in [0.4, 0.5) is 16.2 Å². The number of amides is 2. The lowest BCUT2D eigenvalue weighted by Gasteiger charge is -2.23. The van der Waals surface area contributed by atoms with Crippen molar-refractivity contribution in [2.75, 3.05) is 12.4 Å². The lowest BCUT2D eigenvalue weighted by atomic mass is 10.2. The average molecular weight is 392 g/mol. The van der Waals surface area contributed by atoms with Gasteiger partial charge in [-0.1, -0.05) is 17.7 Å². The van der Waals surface area contributed by atoms with Gasteiger partial charge in [0.2, 0.25) is 0 Å². The van der Waals surface area contributed by atoms with Crippen molar-refractivity contribution in [2.24, 2.45) is 0 Å². The number of phenols is 1. The maximum absolute atomic E-state index is 12.7. The Bertz CT molecular complexity index is 885. The number of urea groups is 1. The molecular formula is C18H18ClN3O5. The molecule has 0 heterocycles. The first-order valence-corrected chi connectivity index (χ1v) is 8.64. The molecule has 3 rings (SSSR count). The molecule has 2 aromatic carbocycles. The number of nitrogens with one attached hydrogen (secondary N) is 1. The number of methoxy groups -OCH3 is 1. The lowest BCUT2D eigenvalue weighted by molar-refractivity contribution is -0.384. The number of anilines is 1. The molecule has 0 radical (unpaired) electrons. The van der Waals surface area contributed by atoms with Crippen molar-refractivity contribution in [2.45, 2.75) is 25.4 Å². The number of ether oxygens (including phenoxy) is 1. The Morgan fingerprint density at radius 3 is 2.70 bits per heavy atom. The summed E-state index contributed by atoms with van der Waals surface area (Å²) in [6.45, 7) is 0.331. The van der Waals surface area contributed by atoms with E-state index in [0.29, 0.717) is 18.0 Å². The molecule has 8 nitrogen and oxygen atoms in total. The van der Waals surface area contributed by atoms with Crippen molar-refractivity contribution < 1.29 is 19.6 Å². The quantitative estimate of drug-likeness (QED) is 0.568. The fourth-order valence-corrected chi connectivity index (χ4v) is 2.90. The van der Waals surface area contributed by atoms with Crippen LogP contribution >= 0.6 is 11.6 Å². The van der Waals surface area contributed by atoms with Gasteiger partial charge in [-0.2, -0.15) is 0 Å². The first-order valence-electron chi connectivity index (χ1n) is 8.26. The maximum Gasteiger partial charge on any atom is 0.322 e. The molecule has 1 aliphatic rings. The fraction of sp³-hybridized carbons (Fsp3) is 0.278. The third kappa shape index (κ3) is 4.40. The van der Waals surface area contributed by atoms with Crippen molar-refractivity contribution in [3.05, 3.63) is 57.1 Å². The number of nitro groups is 1. The molecule has 0 bridgehead atoms. The highest BCUT2D eigenvalue weighted by Gasteiger charge is 2.33. The molecule has 27 heavy (non-hydrogen) atoms. The number of hydrogen-bond donors (Lipinski definition) is 2. The van der Waals surface area contributed by atoms with Crippen LogP contribution in [-0.2, 0) is 6.54 Å². The topological polar surface area (TPSA) is 105 Å². The zero-order chi connectivity index (χ0) is 19.6. The first-order chi connectivity index (χ1) is 12.9. The highest BCUT2D eigenvalue weighted by atomic mass is 35.5. The summed E-state index contributed by atoms with van der Waals surface area (Å²) in [6.07, 6.45) is 1.80. The summed E-state index contributed by atoms with van der Waals surface area (Å²) >= 11 is 6.05. The molecule has 2 aromatic rings. The van der Waals surface area contributed by atoms with Crippen LogP contribution in [0.2, 0.25) is 5.02 Å². The molecule has 2 amide bonds. The Hall–Kier alpha value is -3.00. The van der Waals surface area contributed by atoms with Gasteiger partial charge < -0.3 is 20.1 Å². The Balaban J connectivity index is 1.75. The number of non-ortho nitro benzene ring substituents is 1. The molecule has 1 aliphatic carbocycles. The summed E-state index contributed by atoms with van der Waals surface area (Å²) in [5.74, 6) is 0.364. The van der Waals surface area contributed by atoms with Gasteiger partial charge in [-0.25, -0.2) is 4.79 Å². The summed E-state index contributed by atoms with van der Waals surface area (Å²) < 4.78 is 5.10. The number of aromatic hydroxyl groups is 1. The van der Waals surface area contributed by atoms with Crippen molar-refractivity contribution in [1.82, 2.24) is 4.90 Å². The van der Waals surface area contributed by atoms with Crippen molar-refractivity contribution in [1.29, 1.82) is 0 Å². The van der Waals surface area contributed by atoms with E-state index in [2.05, 4.69) is 5.32 Å². The molecule has 0 unspecified atom stereocenters. The van der Waals surface area contributed by atoms with Gasteiger partial charge in [0.15, 0.2) is 11.5 Å². The van der Waals surface area contributed by atoms with Crippen LogP contribution in [0, 0.1) is 10.1 Å². The van der Waals surface area contributed by atoms with Crippen LogP contribution in [0.1, 0.15) is 18.4 Å². The number of phenolic OH excluding ortho intramolecular Hbond substituents is 1. The number of carbonyl (C=O) groups is 1. The number of hydrogen-bond acceptors (Lipinski definition) is 5. The summed E-state index contributed by atoms with van der Waals surface area (Å²) in [5.41, 5.74) is 0.968. The lowest BCUT2D eigenvalue weighted by Crippen LogP contribution is -2.36. The first kappa shape index (κ1) is 18.8. The van der Waals surface area contributed by atoms with Gasteiger partial charge >= 0.3 is 6.03 Å². The minimum Gasteiger partial charge on any atom is -0.504 e. The maximum atomic E-state index is 12.7. The Kier molecular flexibility index (Phi) is 5.36. The number of halogens is 1. The summed E-state index contributed by atoms with van der Waals surface area (Å²) in [6, 6.07) is 8.58. The summed E-state index contributed by atoms with van der Waals surface area (Å²) in [5, 5.41) is 23.3. The average Bonchev–Trinajstić information content (AvgIpc) is 3.47. The smallest absolute Gasteiger partial charge is 0.322 e. The molecule has 0 atom stereocenters. The molecule has 0 spiro atoms. The van der Waals surface area contributed by atoms with E-state index in [0.717, 1.165) is 18.4 Å². The van der Waals surface area contributed by atoms with Crippen molar-refractivity contribution in [3.63, 3.8) is 0 Å². The minimum atomic E-state index is -0.549. The number of rotatable bonds is 6. The number of benzene rings is 2. The second-order valence-corrected chi connectivity index (χ2v) is 6.62. The van der Waals surface area contributed by atoms with Gasteiger partial charge in [-0.15, -0.1) is 0 Å². The van der Waals surface area contributed by atoms with Crippen LogP contribution < -0.4 is 10.1 Å². The molecule has 0 saturated heterocycles. The van der Waals surface area contributed by atoms with Crippen LogP contribution in [0.3, 0.4) is 0 Å². The number of nitro benzene ring substituents is 1. The normalized spacial score (nSPS) is 13.1. The third-order valence-electron chi connectivity index (χ3n) is 4.25. The summed E-state index contributed by atoms with van der Waals surface area (Å²) in [7, 11) is 1.46. The van der Waals surface area contributed by atoms with E-state index < -0.39 is 4.92 Å². The zero-order valence-corrected chi connectivity index (χ0v) is 15.3. The Labute approximate surface area is 160 Å². The minimum absolute atomic E-state index is 0.0290. The second-order valence-electron chi connectivity index (χ2n) is 6.22. The van der Waals surface area contributed by atoms with E-state index in [-0.39, 0.29) is 28.5 Å². The third-order valence-corrected chi connectivity index (χ3v) is 4.56. The fourth-order valence-electron chi connectivity index (χ4n) is 2.68. The van der Waals surface area contributed by atoms with Gasteiger partial charge in [0.05, 0.1) is 22.7 Å². The molecular weight excluding hydrogens is 374 g/mol. The molecule has 2 N–H and O–H groups in total. The monoisotopic (exact) mass is 391 g/mol. The number of nitrogens with zero attached hydrogens (tertiary/aromatic N) is 2. The molecule has 0 aromatic heterocycles. The Morgan fingerprint density at radius 1 is 1.37 bits per heavy atom. The standard InChI is InChI=1S/C18H18ClN3O5/c1-27-17-8-11(2-7-16(17)23)10-21(12-3-4-12)18(24)20-15-6-5-13(22(25)26)9-14(15)19/h2,5-9,12,23H,3-4,10H2,1H3,(H,20,24). The van der Waals surface area contributed by atoms with Gasteiger partial charge in [-0.3, -0.25) is 10.1 Å². The van der Waals surface area contributed by atoms with Gasteiger partial charge in [0.1, 0.15) is 0 Å². The van der Waals surface area contributed by atoms with Gasteiger partial charge in [-0.05, 0) is 36.6 Å².